The van der Waals surface area contributed by atoms with Gasteiger partial charge in [-0.15, -0.1) is 0 Å². The van der Waals surface area contributed by atoms with Crippen molar-refractivity contribution >= 4 is 10.9 Å². The molecule has 0 amide bonds. The van der Waals surface area contributed by atoms with Crippen LogP contribution in [0.3, 0.4) is 0 Å². The van der Waals surface area contributed by atoms with Gasteiger partial charge in [0.2, 0.25) is 0 Å². The van der Waals surface area contributed by atoms with Gasteiger partial charge in [0, 0.05) is 14.5 Å². The molecular weight excluding hydrogens is 232 g/mol. The van der Waals surface area contributed by atoms with E-state index in [4.69, 9.17) is 10.2 Å². The molecule has 1 heterocycles. The van der Waals surface area contributed by atoms with Crippen molar-refractivity contribution in [2.45, 2.75) is 34.1 Å². The number of nitrogens with one attached hydrogen (secondary N) is 1. The average Bonchev–Trinajstić information content (AvgIpc) is 2.60. The predicted molar refractivity (Wildman–Crippen MR) is 76.3 cm³/mol. The Balaban J connectivity index is 0. The van der Waals surface area contributed by atoms with Crippen LogP contribution in [0.5, 0.6) is 11.5 Å². The quantitative estimate of drug-likeness (QED) is 0.634. The van der Waals surface area contributed by atoms with E-state index in [1.165, 1.54) is 23.2 Å². The van der Waals surface area contributed by atoms with Gasteiger partial charge in [0.25, 0.3) is 5.56 Å². The van der Waals surface area contributed by atoms with Gasteiger partial charge in [0.05, 0.1) is 10.9 Å². The summed E-state index contributed by atoms with van der Waals surface area (Å²) < 4.78 is 1.28. The molecule has 104 valence electrons. The highest BCUT2D eigenvalue weighted by Crippen LogP contribution is 2.27. The summed E-state index contributed by atoms with van der Waals surface area (Å²) in [7, 11) is 1.57. The van der Waals surface area contributed by atoms with E-state index in [9.17, 15) is 4.79 Å². The Labute approximate surface area is 108 Å². The van der Waals surface area contributed by atoms with E-state index in [0.717, 1.165) is 0 Å². The molecule has 0 unspecified atom stereocenters. The van der Waals surface area contributed by atoms with Gasteiger partial charge < -0.3 is 10.2 Å². The standard InChI is InChI=1S/C8H8N2O3.C3H8.C2H6.H2/c1-10-8(13)4-2-6(11)7(12)3-5(4)9-10;1-3-2;1-2;/h2-3,9,11-12H,1H3;3H2,1-2H3;1-2H3;1H. The number of phenols is 2. The van der Waals surface area contributed by atoms with E-state index in [-0.39, 0.29) is 18.5 Å². The van der Waals surface area contributed by atoms with E-state index >= 15 is 0 Å². The molecule has 0 bridgehead atoms. The van der Waals surface area contributed by atoms with Crippen LogP contribution in [0, 0.1) is 0 Å². The zero-order valence-electron chi connectivity index (χ0n) is 11.6. The second kappa shape index (κ2) is 7.42. The molecule has 0 saturated carbocycles. The third-order valence-electron chi connectivity index (χ3n) is 1.94. The molecule has 2 rings (SSSR count). The van der Waals surface area contributed by atoms with Crippen molar-refractivity contribution in [2.75, 3.05) is 0 Å². The number of phenolic OH excluding ortho intramolecular Hbond substituents is 2. The Kier molecular flexibility index (Phi) is 6.63. The first kappa shape index (κ1) is 16.1. The van der Waals surface area contributed by atoms with Gasteiger partial charge in [-0.1, -0.05) is 34.1 Å². The number of benzene rings is 1. The summed E-state index contributed by atoms with van der Waals surface area (Å²) >= 11 is 0. The van der Waals surface area contributed by atoms with E-state index < -0.39 is 0 Å². The van der Waals surface area contributed by atoms with Crippen molar-refractivity contribution in [3.63, 3.8) is 0 Å². The van der Waals surface area contributed by atoms with Crippen LogP contribution in [0.25, 0.3) is 10.9 Å². The fourth-order valence-corrected chi connectivity index (χ4v) is 1.26. The molecule has 0 radical (unpaired) electrons. The Morgan fingerprint density at radius 3 is 2.17 bits per heavy atom. The Morgan fingerprint density at radius 1 is 1.22 bits per heavy atom. The van der Waals surface area contributed by atoms with Crippen molar-refractivity contribution in [1.29, 1.82) is 0 Å². The first-order valence-corrected chi connectivity index (χ1v) is 6.11. The molecule has 0 saturated heterocycles. The summed E-state index contributed by atoms with van der Waals surface area (Å²) in [5, 5.41) is 21.4. The molecule has 5 heteroatoms. The maximum Gasteiger partial charge on any atom is 0.274 e. The maximum atomic E-state index is 11.3. The number of rotatable bonds is 0. The van der Waals surface area contributed by atoms with Crippen molar-refractivity contribution in [3.05, 3.63) is 22.5 Å². The molecule has 1 aromatic heterocycles. The number of aromatic amines is 1. The van der Waals surface area contributed by atoms with Crippen LogP contribution in [0.4, 0.5) is 0 Å². The van der Waals surface area contributed by atoms with Gasteiger partial charge in [-0.2, -0.15) is 0 Å². The molecule has 0 aliphatic heterocycles. The monoisotopic (exact) mass is 256 g/mol. The SMILES string of the molecule is CC.CCC.Cn1[nH]c2cc(O)c(O)cc2c1=O.[HH]. The smallest absolute Gasteiger partial charge is 0.274 e. The van der Waals surface area contributed by atoms with Gasteiger partial charge in [0.1, 0.15) is 0 Å². The second-order valence-corrected chi connectivity index (χ2v) is 3.57. The molecule has 3 N–H and O–H groups in total. The Bertz CT molecular complexity index is 547. The zero-order chi connectivity index (χ0) is 14.3. The summed E-state index contributed by atoms with van der Waals surface area (Å²) in [4.78, 5) is 11.3. The molecule has 18 heavy (non-hydrogen) atoms. The van der Waals surface area contributed by atoms with Gasteiger partial charge in [-0.25, -0.2) is 0 Å². The molecule has 2 aromatic rings. The normalized spacial score (nSPS) is 9.17. The Morgan fingerprint density at radius 2 is 1.67 bits per heavy atom. The van der Waals surface area contributed by atoms with Crippen molar-refractivity contribution in [3.8, 4) is 11.5 Å². The molecular formula is C13H24N2O3. The van der Waals surface area contributed by atoms with Gasteiger partial charge in [-0.3, -0.25) is 14.6 Å². The van der Waals surface area contributed by atoms with E-state index in [1.807, 2.05) is 13.8 Å². The molecule has 1 aromatic carbocycles. The van der Waals surface area contributed by atoms with E-state index in [0.29, 0.717) is 10.9 Å². The number of H-pyrrole nitrogens is 1. The molecule has 0 aliphatic carbocycles. The largest absolute Gasteiger partial charge is 0.504 e. The lowest BCUT2D eigenvalue weighted by atomic mass is 10.2. The topological polar surface area (TPSA) is 78.2 Å². The fraction of sp³-hybridized carbons (Fsp3) is 0.462. The van der Waals surface area contributed by atoms with Crippen molar-refractivity contribution in [1.82, 2.24) is 9.78 Å². The van der Waals surface area contributed by atoms with Crippen molar-refractivity contribution < 1.29 is 11.6 Å². The van der Waals surface area contributed by atoms with Crippen LogP contribution in [0.2, 0.25) is 0 Å². The van der Waals surface area contributed by atoms with Crippen molar-refractivity contribution in [2.24, 2.45) is 7.05 Å². The zero-order valence-corrected chi connectivity index (χ0v) is 11.6. The lowest BCUT2D eigenvalue weighted by Gasteiger charge is -1.94. The number of aryl methyl sites for hydroxylation is 1. The maximum absolute atomic E-state index is 11.3. The Hall–Kier alpha value is -1.91. The van der Waals surface area contributed by atoms with E-state index in [2.05, 4.69) is 18.9 Å². The summed E-state index contributed by atoms with van der Waals surface area (Å²) in [6.07, 6.45) is 1.25. The summed E-state index contributed by atoms with van der Waals surface area (Å²) in [5.74, 6) is -0.529. The number of aromatic nitrogens is 2. The number of nitrogens with zero attached hydrogens (tertiary/aromatic N) is 1. The van der Waals surface area contributed by atoms with Crippen LogP contribution in [-0.2, 0) is 7.05 Å². The minimum atomic E-state index is -0.288. The highest BCUT2D eigenvalue weighted by molar-refractivity contribution is 5.81. The average molecular weight is 256 g/mol. The minimum Gasteiger partial charge on any atom is -0.504 e. The fourth-order valence-electron chi connectivity index (χ4n) is 1.26. The lowest BCUT2D eigenvalue weighted by Crippen LogP contribution is -2.10. The molecule has 0 atom stereocenters. The van der Waals surface area contributed by atoms with Gasteiger partial charge in [0.15, 0.2) is 11.5 Å². The first-order chi connectivity index (χ1) is 8.51. The third kappa shape index (κ3) is 3.55. The highest BCUT2D eigenvalue weighted by Gasteiger charge is 2.07. The number of fused-ring (bicyclic) bond motifs is 1. The summed E-state index contributed by atoms with van der Waals surface area (Å²) in [6, 6.07) is 2.55. The molecule has 0 aliphatic rings. The lowest BCUT2D eigenvalue weighted by molar-refractivity contribution is 0.405. The highest BCUT2D eigenvalue weighted by atomic mass is 16.3. The molecule has 0 spiro atoms. The predicted octanol–water partition coefficient (Wildman–Crippen LogP) is 2.97. The van der Waals surface area contributed by atoms with Gasteiger partial charge >= 0.3 is 0 Å². The number of hydrogen-bond donors (Lipinski definition) is 3. The van der Waals surface area contributed by atoms with Crippen LogP contribution in [0.1, 0.15) is 35.5 Å². The van der Waals surface area contributed by atoms with Gasteiger partial charge in [-0.05, 0) is 6.07 Å². The minimum absolute atomic E-state index is 0. The van der Waals surface area contributed by atoms with Crippen LogP contribution < -0.4 is 5.56 Å². The number of aromatic hydroxyl groups is 2. The first-order valence-electron chi connectivity index (χ1n) is 6.11. The van der Waals surface area contributed by atoms with E-state index in [1.54, 1.807) is 7.05 Å². The summed E-state index contributed by atoms with van der Waals surface area (Å²) in [6.45, 7) is 8.25. The summed E-state index contributed by atoms with van der Waals surface area (Å²) in [5.41, 5.74) is 0.271. The molecule has 0 fully saturated rings. The molecule has 5 nitrogen and oxygen atoms in total. The van der Waals surface area contributed by atoms with Crippen LogP contribution in [-0.4, -0.2) is 20.0 Å². The number of hydrogen-bond acceptors (Lipinski definition) is 3. The van der Waals surface area contributed by atoms with Crippen LogP contribution in [0.15, 0.2) is 16.9 Å². The second-order valence-electron chi connectivity index (χ2n) is 3.57. The third-order valence-corrected chi connectivity index (χ3v) is 1.94. The van der Waals surface area contributed by atoms with Crippen LogP contribution >= 0.6 is 0 Å².